The van der Waals surface area contributed by atoms with Crippen molar-refractivity contribution in [2.45, 2.75) is 57.3 Å². The minimum Gasteiger partial charge on any atom is -0.480 e. The molecular weight excluding hydrogens is 512 g/mol. The zero-order valence-electron chi connectivity index (χ0n) is 22.5. The highest BCUT2D eigenvalue weighted by atomic mass is 16.4. The number of amides is 3. The molecule has 0 saturated heterocycles. The van der Waals surface area contributed by atoms with E-state index in [2.05, 4.69) is 25.9 Å². The molecule has 0 aliphatic heterocycles. The number of benzene rings is 2. The number of rotatable bonds is 14. The van der Waals surface area contributed by atoms with E-state index in [-0.39, 0.29) is 25.2 Å². The van der Waals surface area contributed by atoms with Gasteiger partial charge in [-0.25, -0.2) is 9.78 Å². The first-order valence-corrected chi connectivity index (χ1v) is 13.1. The van der Waals surface area contributed by atoms with Crippen molar-refractivity contribution >= 4 is 23.7 Å². The number of aromatic nitrogens is 2. The molecule has 3 aromatic rings. The zero-order valence-corrected chi connectivity index (χ0v) is 22.5. The van der Waals surface area contributed by atoms with Gasteiger partial charge in [-0.2, -0.15) is 0 Å². The molecule has 3 amide bonds. The largest absolute Gasteiger partial charge is 0.480 e. The predicted molar refractivity (Wildman–Crippen MR) is 149 cm³/mol. The standard InChI is InChI=1S/C29H36N6O5/c1-18(2)25(30)28(38)34-23(15-21-16-31-17-32-21)27(37)33-22(13-19-9-5-3-6-10-19)26(36)35-24(29(39)40)14-20-11-7-4-8-12-20/h3-12,16-18,22-25H,13-15,30H2,1-2H3,(H,31,32)(H,33,37)(H,34,38)(H,35,36)(H,39,40). The van der Waals surface area contributed by atoms with E-state index >= 15 is 0 Å². The summed E-state index contributed by atoms with van der Waals surface area (Å²) >= 11 is 0. The molecule has 1 heterocycles. The van der Waals surface area contributed by atoms with E-state index in [9.17, 15) is 24.3 Å². The van der Waals surface area contributed by atoms with Crippen LogP contribution < -0.4 is 21.7 Å². The fourth-order valence-electron chi connectivity index (χ4n) is 4.05. The summed E-state index contributed by atoms with van der Waals surface area (Å²) < 4.78 is 0. The first kappa shape index (κ1) is 30.0. The average molecular weight is 549 g/mol. The summed E-state index contributed by atoms with van der Waals surface area (Å²) in [6, 6.07) is 13.7. The molecule has 4 unspecified atom stereocenters. The first-order chi connectivity index (χ1) is 19.1. The maximum atomic E-state index is 13.5. The minimum absolute atomic E-state index is 0.0690. The van der Waals surface area contributed by atoms with Crippen molar-refractivity contribution in [1.82, 2.24) is 25.9 Å². The summed E-state index contributed by atoms with van der Waals surface area (Å²) in [4.78, 5) is 58.6. The maximum Gasteiger partial charge on any atom is 0.326 e. The van der Waals surface area contributed by atoms with Crippen LogP contribution in [-0.2, 0) is 38.4 Å². The second kappa shape index (κ2) is 14.6. The Kier molecular flexibility index (Phi) is 11.0. The van der Waals surface area contributed by atoms with Crippen LogP contribution in [0.5, 0.6) is 0 Å². The van der Waals surface area contributed by atoms with E-state index < -0.39 is 47.9 Å². The number of H-pyrrole nitrogens is 1. The molecule has 0 aliphatic rings. The second-order valence-electron chi connectivity index (χ2n) is 9.95. The van der Waals surface area contributed by atoms with E-state index in [1.807, 2.05) is 12.1 Å². The number of nitrogens with one attached hydrogen (secondary N) is 4. The normalized spacial score (nSPS) is 14.0. The van der Waals surface area contributed by atoms with Crippen LogP contribution in [0.2, 0.25) is 0 Å². The number of aromatic amines is 1. The molecule has 212 valence electrons. The Morgan fingerprint density at radius 1 is 0.775 bits per heavy atom. The number of nitrogens with two attached hydrogens (primary N) is 1. The lowest BCUT2D eigenvalue weighted by Gasteiger charge is -2.26. The Morgan fingerprint density at radius 2 is 1.25 bits per heavy atom. The molecule has 40 heavy (non-hydrogen) atoms. The van der Waals surface area contributed by atoms with Crippen LogP contribution in [0.15, 0.2) is 73.2 Å². The van der Waals surface area contributed by atoms with Gasteiger partial charge in [0.05, 0.1) is 12.4 Å². The summed E-state index contributed by atoms with van der Waals surface area (Å²) in [6.45, 7) is 3.59. The molecule has 2 aromatic carbocycles. The molecule has 0 bridgehead atoms. The lowest BCUT2D eigenvalue weighted by Crippen LogP contribution is -2.58. The van der Waals surface area contributed by atoms with Crippen molar-refractivity contribution in [3.05, 3.63) is 90.0 Å². The smallest absolute Gasteiger partial charge is 0.326 e. The minimum atomic E-state index is -1.21. The average Bonchev–Trinajstić information content (AvgIpc) is 3.45. The Balaban J connectivity index is 1.82. The number of hydrogen-bond acceptors (Lipinski definition) is 6. The molecule has 4 atom stereocenters. The van der Waals surface area contributed by atoms with Crippen molar-refractivity contribution < 1.29 is 24.3 Å². The van der Waals surface area contributed by atoms with E-state index in [1.54, 1.807) is 62.4 Å². The number of carboxylic acid groups (broad SMARTS) is 1. The number of aliphatic carboxylic acids is 1. The third-order valence-electron chi connectivity index (χ3n) is 6.45. The van der Waals surface area contributed by atoms with Gasteiger partial charge < -0.3 is 31.8 Å². The molecule has 0 saturated carbocycles. The predicted octanol–water partition coefficient (Wildman–Crippen LogP) is 0.960. The molecular formula is C29H36N6O5. The summed E-state index contributed by atoms with van der Waals surface area (Å²) in [5, 5.41) is 17.8. The maximum absolute atomic E-state index is 13.5. The van der Waals surface area contributed by atoms with Crippen LogP contribution in [0, 0.1) is 5.92 Å². The van der Waals surface area contributed by atoms with Crippen molar-refractivity contribution in [3.63, 3.8) is 0 Å². The Hall–Kier alpha value is -4.51. The molecule has 0 aliphatic carbocycles. The second-order valence-corrected chi connectivity index (χ2v) is 9.95. The van der Waals surface area contributed by atoms with Gasteiger partial charge in [-0.1, -0.05) is 74.5 Å². The van der Waals surface area contributed by atoms with Gasteiger partial charge >= 0.3 is 5.97 Å². The van der Waals surface area contributed by atoms with Crippen molar-refractivity contribution in [2.24, 2.45) is 11.7 Å². The van der Waals surface area contributed by atoms with Crippen LogP contribution in [0.4, 0.5) is 0 Å². The topological polar surface area (TPSA) is 179 Å². The SMILES string of the molecule is CC(C)C(N)C(=O)NC(Cc1cnc[nH]1)C(=O)NC(Cc1ccccc1)C(=O)NC(Cc1ccccc1)C(=O)O. The quantitative estimate of drug-likeness (QED) is 0.174. The Labute approximate surface area is 233 Å². The van der Waals surface area contributed by atoms with Crippen LogP contribution in [0.1, 0.15) is 30.7 Å². The van der Waals surface area contributed by atoms with E-state index in [4.69, 9.17) is 5.73 Å². The number of carboxylic acids is 1. The highest BCUT2D eigenvalue weighted by molar-refractivity contribution is 5.94. The molecule has 0 radical (unpaired) electrons. The van der Waals surface area contributed by atoms with Gasteiger partial charge in [0.1, 0.15) is 18.1 Å². The fourth-order valence-corrected chi connectivity index (χ4v) is 4.05. The van der Waals surface area contributed by atoms with Crippen molar-refractivity contribution in [3.8, 4) is 0 Å². The monoisotopic (exact) mass is 548 g/mol. The van der Waals surface area contributed by atoms with Gasteiger partial charge in [0.25, 0.3) is 0 Å². The fraction of sp³-hybridized carbons (Fsp3) is 0.345. The van der Waals surface area contributed by atoms with Crippen LogP contribution in [-0.4, -0.2) is 62.9 Å². The molecule has 11 heteroatoms. The Morgan fingerprint density at radius 3 is 1.73 bits per heavy atom. The summed E-state index contributed by atoms with van der Waals surface area (Å²) in [5.74, 6) is -3.15. The van der Waals surface area contributed by atoms with Crippen molar-refractivity contribution in [2.75, 3.05) is 0 Å². The molecule has 1 aromatic heterocycles. The van der Waals surface area contributed by atoms with Gasteiger partial charge in [0.2, 0.25) is 17.7 Å². The number of carbonyl (C=O) groups is 4. The lowest BCUT2D eigenvalue weighted by molar-refractivity contribution is -0.142. The summed E-state index contributed by atoms with van der Waals surface area (Å²) in [6.07, 6.45) is 3.24. The van der Waals surface area contributed by atoms with Crippen LogP contribution in [0.3, 0.4) is 0 Å². The molecule has 7 N–H and O–H groups in total. The van der Waals surface area contributed by atoms with Gasteiger partial charge in [-0.15, -0.1) is 0 Å². The number of hydrogen-bond donors (Lipinski definition) is 6. The van der Waals surface area contributed by atoms with Crippen LogP contribution in [0.25, 0.3) is 0 Å². The third kappa shape index (κ3) is 9.05. The first-order valence-electron chi connectivity index (χ1n) is 13.1. The van der Waals surface area contributed by atoms with Gasteiger partial charge in [-0.3, -0.25) is 14.4 Å². The molecule has 0 spiro atoms. The zero-order chi connectivity index (χ0) is 29.1. The molecule has 0 fully saturated rings. The highest BCUT2D eigenvalue weighted by Crippen LogP contribution is 2.09. The summed E-state index contributed by atoms with van der Waals surface area (Å²) in [7, 11) is 0. The Bertz CT molecular complexity index is 1250. The van der Waals surface area contributed by atoms with E-state index in [0.717, 1.165) is 11.1 Å². The van der Waals surface area contributed by atoms with Gasteiger partial charge in [0, 0.05) is 31.2 Å². The van der Waals surface area contributed by atoms with Gasteiger partial charge in [-0.05, 0) is 17.0 Å². The van der Waals surface area contributed by atoms with Crippen LogP contribution >= 0.6 is 0 Å². The molecule has 3 rings (SSSR count). The van der Waals surface area contributed by atoms with E-state index in [1.165, 1.54) is 12.5 Å². The number of carbonyl (C=O) groups excluding carboxylic acids is 3. The molecule has 11 nitrogen and oxygen atoms in total. The number of nitrogens with zero attached hydrogens (tertiary/aromatic N) is 1. The van der Waals surface area contributed by atoms with Crippen molar-refractivity contribution in [1.29, 1.82) is 0 Å². The highest BCUT2D eigenvalue weighted by Gasteiger charge is 2.31. The van der Waals surface area contributed by atoms with Gasteiger partial charge in [0.15, 0.2) is 0 Å². The lowest BCUT2D eigenvalue weighted by atomic mass is 10.0. The summed E-state index contributed by atoms with van der Waals surface area (Å²) in [5.41, 5.74) is 8.09. The van der Waals surface area contributed by atoms with E-state index in [0.29, 0.717) is 5.69 Å². The number of imidazole rings is 1. The third-order valence-corrected chi connectivity index (χ3v) is 6.45.